The van der Waals surface area contributed by atoms with E-state index in [2.05, 4.69) is 10.3 Å². The molecule has 0 spiro atoms. The van der Waals surface area contributed by atoms with Crippen molar-refractivity contribution in [1.82, 2.24) is 10.3 Å². The number of oxazole rings is 1. The monoisotopic (exact) mass is 392 g/mol. The summed E-state index contributed by atoms with van der Waals surface area (Å²) < 4.78 is 18.9. The van der Waals surface area contributed by atoms with Crippen molar-refractivity contribution in [3.8, 4) is 11.5 Å². The Kier molecular flexibility index (Phi) is 5.74. The van der Waals surface area contributed by atoms with Gasteiger partial charge in [0.1, 0.15) is 12.1 Å². The zero-order valence-electron chi connectivity index (χ0n) is 16.4. The summed E-state index contributed by atoms with van der Waals surface area (Å²) in [4.78, 5) is 17.0. The molecule has 3 aromatic rings. The summed E-state index contributed by atoms with van der Waals surface area (Å²) in [6.45, 7) is 0.556. The minimum Gasteiger partial charge on any atom is -0.444 e. The molecule has 29 heavy (non-hydrogen) atoms. The van der Waals surface area contributed by atoms with E-state index < -0.39 is 0 Å². The van der Waals surface area contributed by atoms with Crippen LogP contribution >= 0.6 is 0 Å². The first-order valence-corrected chi connectivity index (χ1v) is 10.2. The summed E-state index contributed by atoms with van der Waals surface area (Å²) in [5, 5.41) is 3.09. The van der Waals surface area contributed by atoms with Crippen LogP contribution in [0.15, 0.2) is 65.3 Å². The first-order valence-electron chi connectivity index (χ1n) is 10.2. The number of hydrogen-bond donors (Lipinski definition) is 1. The number of carbonyl (C=O) groups is 1. The maximum absolute atomic E-state index is 13.4. The highest BCUT2D eigenvalue weighted by atomic mass is 19.1. The van der Waals surface area contributed by atoms with Crippen LogP contribution in [0.1, 0.15) is 43.4 Å². The quantitative estimate of drug-likeness (QED) is 0.639. The largest absolute Gasteiger partial charge is 0.444 e. The van der Waals surface area contributed by atoms with Crippen LogP contribution in [0, 0.1) is 5.82 Å². The molecule has 1 aromatic heterocycles. The first-order chi connectivity index (χ1) is 14.1. The lowest BCUT2D eigenvalue weighted by atomic mass is 9.69. The van der Waals surface area contributed by atoms with Gasteiger partial charge in [-0.1, -0.05) is 49.6 Å². The normalized spacial score (nSPS) is 15.8. The predicted octanol–water partition coefficient (Wildman–Crippen LogP) is 5.04. The maximum atomic E-state index is 13.4. The lowest BCUT2D eigenvalue weighted by Gasteiger charge is -2.38. The molecule has 1 aliphatic rings. The molecule has 0 bridgehead atoms. The average Bonchev–Trinajstić information content (AvgIpc) is 3.22. The van der Waals surface area contributed by atoms with Crippen molar-refractivity contribution in [1.29, 1.82) is 0 Å². The van der Waals surface area contributed by atoms with Gasteiger partial charge in [0.05, 0.1) is 12.1 Å². The third-order valence-electron chi connectivity index (χ3n) is 5.81. The Hall–Kier alpha value is -2.95. The van der Waals surface area contributed by atoms with E-state index in [1.807, 2.05) is 42.5 Å². The topological polar surface area (TPSA) is 55.1 Å². The van der Waals surface area contributed by atoms with Crippen LogP contribution in [0.4, 0.5) is 4.39 Å². The van der Waals surface area contributed by atoms with Crippen LogP contribution in [0.2, 0.25) is 0 Å². The Morgan fingerprint density at radius 1 is 1.03 bits per heavy atom. The second-order valence-corrected chi connectivity index (χ2v) is 7.81. The van der Waals surface area contributed by atoms with Crippen molar-refractivity contribution in [2.45, 2.75) is 43.9 Å². The number of nitrogens with one attached hydrogen (secondary N) is 1. The third kappa shape index (κ3) is 4.56. The molecular weight excluding hydrogens is 367 g/mol. The fraction of sp³-hybridized carbons (Fsp3) is 0.333. The van der Waals surface area contributed by atoms with E-state index in [0.29, 0.717) is 18.1 Å². The second kappa shape index (κ2) is 8.60. The van der Waals surface area contributed by atoms with Crippen LogP contribution in [-0.4, -0.2) is 17.4 Å². The summed E-state index contributed by atoms with van der Waals surface area (Å²) in [5.41, 5.74) is 2.48. The Balaban J connectivity index is 1.41. The molecule has 1 heterocycles. The highest BCUT2D eigenvalue weighted by Crippen LogP contribution is 2.39. The molecule has 1 amide bonds. The molecular formula is C24H25FN2O2. The minimum absolute atomic E-state index is 0.0787. The van der Waals surface area contributed by atoms with E-state index in [-0.39, 0.29) is 23.6 Å². The van der Waals surface area contributed by atoms with Gasteiger partial charge in [-0.05, 0) is 42.7 Å². The van der Waals surface area contributed by atoms with Crippen LogP contribution < -0.4 is 5.32 Å². The van der Waals surface area contributed by atoms with Gasteiger partial charge >= 0.3 is 0 Å². The number of hydrogen-bond acceptors (Lipinski definition) is 3. The molecule has 0 atom stereocenters. The zero-order chi connectivity index (χ0) is 20.1. The lowest BCUT2D eigenvalue weighted by Crippen LogP contribution is -2.42. The van der Waals surface area contributed by atoms with Crippen molar-refractivity contribution < 1.29 is 13.6 Å². The minimum atomic E-state index is -0.232. The Bertz CT molecular complexity index is 945. The molecule has 0 saturated heterocycles. The molecule has 2 aromatic carbocycles. The van der Waals surface area contributed by atoms with Gasteiger partial charge in [0.15, 0.2) is 0 Å². The molecule has 0 radical (unpaired) electrons. The van der Waals surface area contributed by atoms with Crippen molar-refractivity contribution in [2.75, 3.05) is 6.54 Å². The smallest absolute Gasteiger partial charge is 0.226 e. The van der Waals surface area contributed by atoms with Gasteiger partial charge in [-0.15, -0.1) is 0 Å². The summed E-state index contributed by atoms with van der Waals surface area (Å²) in [7, 11) is 0. The van der Waals surface area contributed by atoms with Crippen LogP contribution in [0.25, 0.3) is 11.5 Å². The summed E-state index contributed by atoms with van der Waals surface area (Å²) in [5.74, 6) is 0.206. The molecule has 1 fully saturated rings. The van der Waals surface area contributed by atoms with E-state index in [9.17, 15) is 9.18 Å². The molecule has 0 unspecified atom stereocenters. The highest BCUT2D eigenvalue weighted by molar-refractivity contribution is 5.78. The van der Waals surface area contributed by atoms with E-state index >= 15 is 0 Å². The van der Waals surface area contributed by atoms with Crippen LogP contribution in [0.5, 0.6) is 0 Å². The van der Waals surface area contributed by atoms with Gasteiger partial charge < -0.3 is 9.73 Å². The predicted molar refractivity (Wildman–Crippen MR) is 110 cm³/mol. The molecule has 4 rings (SSSR count). The Labute approximate surface area is 170 Å². The highest BCUT2D eigenvalue weighted by Gasteiger charge is 2.34. The SMILES string of the molecule is O=C(Cc1coc(-c2ccccc2)n1)NCC1(c2ccc(F)cc2)CCCCC1. The molecule has 0 aliphatic heterocycles. The Morgan fingerprint density at radius 2 is 1.76 bits per heavy atom. The summed E-state index contributed by atoms with van der Waals surface area (Å²) in [6.07, 6.45) is 7.17. The van der Waals surface area contributed by atoms with Crippen molar-refractivity contribution >= 4 is 5.91 Å². The number of amides is 1. The van der Waals surface area contributed by atoms with E-state index in [0.717, 1.165) is 36.8 Å². The fourth-order valence-electron chi connectivity index (χ4n) is 4.20. The summed E-state index contributed by atoms with van der Waals surface area (Å²) >= 11 is 0. The molecule has 150 valence electrons. The molecule has 1 saturated carbocycles. The number of rotatable bonds is 6. The van der Waals surface area contributed by atoms with Gasteiger partial charge in [-0.3, -0.25) is 4.79 Å². The van der Waals surface area contributed by atoms with Gasteiger partial charge in [0, 0.05) is 17.5 Å². The van der Waals surface area contributed by atoms with Crippen molar-refractivity contribution in [2.24, 2.45) is 0 Å². The molecule has 1 N–H and O–H groups in total. The van der Waals surface area contributed by atoms with Gasteiger partial charge in [0.2, 0.25) is 11.8 Å². The van der Waals surface area contributed by atoms with Crippen molar-refractivity contribution in [3.05, 3.63) is 77.9 Å². The van der Waals surface area contributed by atoms with Gasteiger partial charge in [-0.25, -0.2) is 9.37 Å². The van der Waals surface area contributed by atoms with E-state index in [1.54, 1.807) is 0 Å². The maximum Gasteiger partial charge on any atom is 0.226 e. The second-order valence-electron chi connectivity index (χ2n) is 7.81. The number of halogens is 1. The number of nitrogens with zero attached hydrogens (tertiary/aromatic N) is 1. The van der Waals surface area contributed by atoms with Crippen LogP contribution in [0.3, 0.4) is 0 Å². The van der Waals surface area contributed by atoms with Crippen molar-refractivity contribution in [3.63, 3.8) is 0 Å². The van der Waals surface area contributed by atoms with E-state index in [4.69, 9.17) is 4.42 Å². The number of carbonyl (C=O) groups excluding carboxylic acids is 1. The van der Waals surface area contributed by atoms with Crippen LogP contribution in [-0.2, 0) is 16.6 Å². The average molecular weight is 392 g/mol. The standard InChI is InChI=1S/C24H25FN2O2/c25-20-11-9-19(10-12-20)24(13-5-2-6-14-24)17-26-22(28)15-21-16-29-23(27-21)18-7-3-1-4-8-18/h1,3-4,7-12,16H,2,5-6,13-15,17H2,(H,26,28). The zero-order valence-corrected chi connectivity index (χ0v) is 16.4. The third-order valence-corrected chi connectivity index (χ3v) is 5.81. The summed E-state index contributed by atoms with van der Waals surface area (Å²) in [6, 6.07) is 16.4. The number of benzene rings is 2. The van der Waals surface area contributed by atoms with Gasteiger partial charge in [-0.2, -0.15) is 0 Å². The fourth-order valence-corrected chi connectivity index (χ4v) is 4.20. The van der Waals surface area contributed by atoms with Gasteiger partial charge in [0.25, 0.3) is 0 Å². The molecule has 1 aliphatic carbocycles. The first kappa shape index (κ1) is 19.4. The lowest BCUT2D eigenvalue weighted by molar-refractivity contribution is -0.120. The number of aromatic nitrogens is 1. The molecule has 5 heteroatoms. The Morgan fingerprint density at radius 3 is 2.48 bits per heavy atom. The molecule has 4 nitrogen and oxygen atoms in total. The van der Waals surface area contributed by atoms with E-state index in [1.165, 1.54) is 24.8 Å².